The molecule has 1 aromatic heterocycles. The number of nitrogens with one attached hydrogen (secondary N) is 1. The minimum absolute atomic E-state index is 0.0486. The highest BCUT2D eigenvalue weighted by atomic mass is 35.5. The molecule has 5 rings (SSSR count). The number of rotatable bonds is 4. The number of hydrogen-bond acceptors (Lipinski definition) is 4. The van der Waals surface area contributed by atoms with Crippen molar-refractivity contribution in [2.45, 2.75) is 19.4 Å². The fraction of sp³-hybridized carbons (Fsp3) is 0.200. The quantitative estimate of drug-likeness (QED) is 0.444. The van der Waals surface area contributed by atoms with E-state index in [1.165, 1.54) is 0 Å². The number of amides is 1. The van der Waals surface area contributed by atoms with Gasteiger partial charge >= 0.3 is 0 Å². The van der Waals surface area contributed by atoms with Gasteiger partial charge in [-0.05, 0) is 48.2 Å². The average molecular weight is 432 g/mol. The van der Waals surface area contributed by atoms with Gasteiger partial charge in [-0.1, -0.05) is 54.1 Å². The molecule has 1 amide bonds. The first-order valence-electron chi connectivity index (χ1n) is 10.4. The van der Waals surface area contributed by atoms with Crippen molar-refractivity contribution < 1.29 is 9.21 Å². The Balaban J connectivity index is 1.33. The van der Waals surface area contributed by atoms with Crippen molar-refractivity contribution in [3.05, 3.63) is 82.9 Å². The molecule has 6 heteroatoms. The number of hydrogen-bond donors (Lipinski definition) is 1. The van der Waals surface area contributed by atoms with Gasteiger partial charge in [0.05, 0.1) is 0 Å². The monoisotopic (exact) mass is 431 g/mol. The fourth-order valence-electron chi connectivity index (χ4n) is 4.15. The van der Waals surface area contributed by atoms with E-state index in [-0.39, 0.29) is 11.9 Å². The number of halogens is 1. The van der Waals surface area contributed by atoms with Crippen molar-refractivity contribution in [1.82, 2.24) is 9.88 Å². The standard InChI is InChI=1S/C25H22ClN3O2/c1-16-6-2-3-7-19(16)20-8-4-5-9-21(20)24(30)29-13-12-18(15-29)27-25-28-22-11-10-17(26)14-23(22)31-25/h2-11,14,18H,12-13,15H2,1H3,(H,27,28)/t18-/m1/s1. The van der Waals surface area contributed by atoms with Crippen molar-refractivity contribution in [2.75, 3.05) is 18.4 Å². The number of oxazole rings is 1. The van der Waals surface area contributed by atoms with Crippen molar-refractivity contribution in [3.63, 3.8) is 0 Å². The van der Waals surface area contributed by atoms with Gasteiger partial charge in [-0.15, -0.1) is 0 Å². The Kier molecular flexibility index (Phi) is 5.12. The summed E-state index contributed by atoms with van der Waals surface area (Å²) in [6.07, 6.45) is 0.831. The Morgan fingerprint density at radius 1 is 1.10 bits per heavy atom. The normalized spacial score (nSPS) is 16.1. The number of carbonyl (C=O) groups excluding carboxylic acids is 1. The van der Waals surface area contributed by atoms with Gasteiger partial charge in [-0.2, -0.15) is 4.98 Å². The number of aromatic nitrogens is 1. The van der Waals surface area contributed by atoms with Crippen LogP contribution in [0, 0.1) is 6.92 Å². The molecule has 156 valence electrons. The molecule has 4 aromatic rings. The maximum absolute atomic E-state index is 13.4. The Morgan fingerprint density at radius 3 is 2.71 bits per heavy atom. The predicted molar refractivity (Wildman–Crippen MR) is 124 cm³/mol. The molecule has 0 aliphatic carbocycles. The smallest absolute Gasteiger partial charge is 0.295 e. The molecule has 1 fully saturated rings. The molecule has 1 saturated heterocycles. The van der Waals surface area contributed by atoms with Crippen LogP contribution >= 0.6 is 11.6 Å². The van der Waals surface area contributed by atoms with E-state index in [2.05, 4.69) is 29.4 Å². The summed E-state index contributed by atoms with van der Waals surface area (Å²) < 4.78 is 5.77. The molecule has 3 aromatic carbocycles. The molecule has 0 radical (unpaired) electrons. The van der Waals surface area contributed by atoms with E-state index >= 15 is 0 Å². The zero-order chi connectivity index (χ0) is 21.4. The summed E-state index contributed by atoms with van der Waals surface area (Å²) in [6, 6.07) is 21.9. The lowest BCUT2D eigenvalue weighted by Gasteiger charge is -2.19. The second kappa shape index (κ2) is 8.08. The predicted octanol–water partition coefficient (Wildman–Crippen LogP) is 5.78. The first-order chi connectivity index (χ1) is 15.1. The van der Waals surface area contributed by atoms with Gasteiger partial charge in [-0.3, -0.25) is 4.79 Å². The molecule has 0 spiro atoms. The molecule has 1 N–H and O–H groups in total. The third-order valence-electron chi connectivity index (χ3n) is 5.75. The van der Waals surface area contributed by atoms with Crippen LogP contribution in [0.25, 0.3) is 22.2 Å². The van der Waals surface area contributed by atoms with E-state index < -0.39 is 0 Å². The van der Waals surface area contributed by atoms with Gasteiger partial charge in [0.15, 0.2) is 5.58 Å². The fourth-order valence-corrected chi connectivity index (χ4v) is 4.31. The lowest BCUT2D eigenvalue weighted by atomic mass is 9.95. The Morgan fingerprint density at radius 2 is 1.87 bits per heavy atom. The Labute approximate surface area is 185 Å². The number of benzene rings is 3. The van der Waals surface area contributed by atoms with Gasteiger partial charge in [0.1, 0.15) is 5.52 Å². The van der Waals surface area contributed by atoms with Crippen LogP contribution in [0.15, 0.2) is 71.1 Å². The second-order valence-electron chi connectivity index (χ2n) is 7.87. The average Bonchev–Trinajstić information content (AvgIpc) is 3.40. The highest BCUT2D eigenvalue weighted by Gasteiger charge is 2.29. The maximum atomic E-state index is 13.4. The van der Waals surface area contributed by atoms with Crippen LogP contribution in [0.4, 0.5) is 6.01 Å². The van der Waals surface area contributed by atoms with Crippen molar-refractivity contribution in [3.8, 4) is 11.1 Å². The van der Waals surface area contributed by atoms with Gasteiger partial charge in [0.2, 0.25) is 0 Å². The van der Waals surface area contributed by atoms with Crippen molar-refractivity contribution in [2.24, 2.45) is 0 Å². The van der Waals surface area contributed by atoms with E-state index in [1.807, 2.05) is 47.4 Å². The first kappa shape index (κ1) is 19.6. The van der Waals surface area contributed by atoms with Gasteiger partial charge in [0, 0.05) is 35.8 Å². The molecule has 5 nitrogen and oxygen atoms in total. The number of anilines is 1. The van der Waals surface area contributed by atoms with Gasteiger partial charge in [0.25, 0.3) is 11.9 Å². The minimum atomic E-state index is 0.0486. The van der Waals surface area contributed by atoms with Crippen LogP contribution < -0.4 is 5.32 Å². The molecule has 2 heterocycles. The lowest BCUT2D eigenvalue weighted by molar-refractivity contribution is 0.0792. The third kappa shape index (κ3) is 3.89. The summed E-state index contributed by atoms with van der Waals surface area (Å²) in [5, 5.41) is 3.94. The van der Waals surface area contributed by atoms with Gasteiger partial charge in [-0.25, -0.2) is 0 Å². The van der Waals surface area contributed by atoms with Crippen LogP contribution in [0.5, 0.6) is 0 Å². The summed E-state index contributed by atoms with van der Waals surface area (Å²) in [7, 11) is 0. The summed E-state index contributed by atoms with van der Waals surface area (Å²) in [5.41, 5.74) is 5.34. The third-order valence-corrected chi connectivity index (χ3v) is 5.98. The largest absolute Gasteiger partial charge is 0.423 e. The van der Waals surface area contributed by atoms with E-state index in [0.717, 1.165) is 34.2 Å². The summed E-state index contributed by atoms with van der Waals surface area (Å²) >= 11 is 6.02. The molecule has 0 bridgehead atoms. The number of likely N-dealkylation sites (tertiary alicyclic amines) is 1. The molecule has 1 atom stereocenters. The highest BCUT2D eigenvalue weighted by Crippen LogP contribution is 2.29. The topological polar surface area (TPSA) is 58.4 Å². The van der Waals surface area contributed by atoms with Crippen LogP contribution in [0.3, 0.4) is 0 Å². The molecular formula is C25H22ClN3O2. The van der Waals surface area contributed by atoms with Crippen LogP contribution in [-0.4, -0.2) is 34.9 Å². The number of aryl methyl sites for hydroxylation is 1. The zero-order valence-corrected chi connectivity index (χ0v) is 17.9. The van der Waals surface area contributed by atoms with E-state index in [0.29, 0.717) is 29.7 Å². The summed E-state index contributed by atoms with van der Waals surface area (Å²) in [4.78, 5) is 19.7. The van der Waals surface area contributed by atoms with Crippen molar-refractivity contribution in [1.29, 1.82) is 0 Å². The van der Waals surface area contributed by atoms with E-state index in [4.69, 9.17) is 16.0 Å². The summed E-state index contributed by atoms with van der Waals surface area (Å²) in [5.74, 6) is 0.0486. The highest BCUT2D eigenvalue weighted by molar-refractivity contribution is 6.31. The van der Waals surface area contributed by atoms with E-state index in [1.54, 1.807) is 12.1 Å². The Hall–Kier alpha value is -3.31. The van der Waals surface area contributed by atoms with Crippen LogP contribution in [0.1, 0.15) is 22.3 Å². The second-order valence-corrected chi connectivity index (χ2v) is 8.31. The molecular weight excluding hydrogens is 410 g/mol. The zero-order valence-electron chi connectivity index (χ0n) is 17.1. The molecule has 1 aliphatic rings. The van der Waals surface area contributed by atoms with Crippen molar-refractivity contribution >= 4 is 34.6 Å². The van der Waals surface area contributed by atoms with Crippen LogP contribution in [0.2, 0.25) is 5.02 Å². The summed E-state index contributed by atoms with van der Waals surface area (Å²) in [6.45, 7) is 3.35. The van der Waals surface area contributed by atoms with E-state index in [9.17, 15) is 4.79 Å². The molecule has 1 aliphatic heterocycles. The SMILES string of the molecule is Cc1ccccc1-c1ccccc1C(=O)N1CC[C@@H](Nc2nc3ccc(Cl)cc3o2)C1. The minimum Gasteiger partial charge on any atom is -0.423 e. The molecule has 0 saturated carbocycles. The maximum Gasteiger partial charge on any atom is 0.295 e. The lowest BCUT2D eigenvalue weighted by Crippen LogP contribution is -2.32. The number of carbonyl (C=O) groups is 1. The van der Waals surface area contributed by atoms with Crippen LogP contribution in [-0.2, 0) is 0 Å². The molecule has 0 unspecified atom stereocenters. The molecule has 31 heavy (non-hydrogen) atoms. The Bertz CT molecular complexity index is 1270. The first-order valence-corrected chi connectivity index (χ1v) is 10.7. The number of nitrogens with zero attached hydrogens (tertiary/aromatic N) is 2. The van der Waals surface area contributed by atoms with Gasteiger partial charge < -0.3 is 14.6 Å². The number of fused-ring (bicyclic) bond motifs is 1.